The number of ether oxygens (including phenoxy) is 2. The van der Waals surface area contributed by atoms with Gasteiger partial charge in [-0.3, -0.25) is 0 Å². The highest BCUT2D eigenvalue weighted by molar-refractivity contribution is 6.30. The van der Waals surface area contributed by atoms with Gasteiger partial charge in [0.2, 0.25) is 0 Å². The summed E-state index contributed by atoms with van der Waals surface area (Å²) in [5, 5.41) is 4.13. The van der Waals surface area contributed by atoms with Crippen LogP contribution < -0.4 is 10.1 Å². The lowest BCUT2D eigenvalue weighted by Crippen LogP contribution is -2.05. The van der Waals surface area contributed by atoms with E-state index >= 15 is 0 Å². The van der Waals surface area contributed by atoms with Gasteiger partial charge in [0, 0.05) is 16.5 Å². The first kappa shape index (κ1) is 16.1. The minimum Gasteiger partial charge on any atom is -0.490 e. The Labute approximate surface area is 148 Å². The summed E-state index contributed by atoms with van der Waals surface area (Å²) >= 11 is 5.79. The Bertz CT molecular complexity index is 947. The lowest BCUT2D eigenvalue weighted by Gasteiger charge is -2.12. The molecule has 1 fully saturated rings. The average Bonchev–Trinajstić information content (AvgIpc) is 3.40. The number of fused-ring (bicyclic) bond motifs is 1. The smallest absolute Gasteiger partial charge is 0.148 e. The molecule has 1 N–H and O–H groups in total. The molecule has 0 saturated carbocycles. The Morgan fingerprint density at radius 2 is 2.16 bits per heavy atom. The van der Waals surface area contributed by atoms with Gasteiger partial charge in [-0.05, 0) is 36.8 Å². The molecule has 2 aromatic carbocycles. The highest BCUT2D eigenvalue weighted by atomic mass is 35.5. The van der Waals surface area contributed by atoms with Crippen LogP contribution in [0.3, 0.4) is 0 Å². The number of epoxide rings is 1. The van der Waals surface area contributed by atoms with Gasteiger partial charge in [-0.1, -0.05) is 11.6 Å². The molecule has 0 amide bonds. The SMILES string of the molecule is Cc1cc2c(Nc3ccc(Cl)cc3F)ncnc2cc1OCC1CO1. The summed E-state index contributed by atoms with van der Waals surface area (Å²) in [4.78, 5) is 8.53. The fraction of sp³-hybridized carbons (Fsp3) is 0.222. The predicted molar refractivity (Wildman–Crippen MR) is 94.2 cm³/mol. The zero-order chi connectivity index (χ0) is 17.4. The van der Waals surface area contributed by atoms with Gasteiger partial charge in [0.05, 0.1) is 17.8 Å². The summed E-state index contributed by atoms with van der Waals surface area (Å²) < 4.78 is 25.0. The molecule has 1 atom stereocenters. The van der Waals surface area contributed by atoms with Gasteiger partial charge in [-0.2, -0.15) is 0 Å². The number of hydrogen-bond acceptors (Lipinski definition) is 5. The molecule has 7 heteroatoms. The van der Waals surface area contributed by atoms with Crippen molar-refractivity contribution in [2.45, 2.75) is 13.0 Å². The van der Waals surface area contributed by atoms with Gasteiger partial charge in [-0.15, -0.1) is 0 Å². The molecule has 1 aromatic heterocycles. The number of anilines is 2. The quantitative estimate of drug-likeness (QED) is 0.690. The largest absolute Gasteiger partial charge is 0.490 e. The van der Waals surface area contributed by atoms with Crippen molar-refractivity contribution in [3.05, 3.63) is 53.1 Å². The molecule has 1 aliphatic heterocycles. The molecule has 5 nitrogen and oxygen atoms in total. The van der Waals surface area contributed by atoms with E-state index in [4.69, 9.17) is 21.1 Å². The molecule has 128 valence electrons. The lowest BCUT2D eigenvalue weighted by atomic mass is 10.1. The van der Waals surface area contributed by atoms with Crippen molar-refractivity contribution >= 4 is 34.0 Å². The van der Waals surface area contributed by atoms with Crippen molar-refractivity contribution in [1.82, 2.24) is 9.97 Å². The van der Waals surface area contributed by atoms with Gasteiger partial charge in [-0.25, -0.2) is 14.4 Å². The van der Waals surface area contributed by atoms with Crippen molar-refractivity contribution in [2.75, 3.05) is 18.5 Å². The number of benzene rings is 2. The van der Waals surface area contributed by atoms with Crippen molar-refractivity contribution < 1.29 is 13.9 Å². The van der Waals surface area contributed by atoms with Gasteiger partial charge >= 0.3 is 0 Å². The van der Waals surface area contributed by atoms with E-state index in [1.165, 1.54) is 12.4 Å². The molecule has 25 heavy (non-hydrogen) atoms. The van der Waals surface area contributed by atoms with E-state index in [2.05, 4.69) is 15.3 Å². The van der Waals surface area contributed by atoms with Crippen LogP contribution in [0.2, 0.25) is 5.02 Å². The summed E-state index contributed by atoms with van der Waals surface area (Å²) in [6.07, 6.45) is 1.62. The first-order chi connectivity index (χ1) is 12.1. The van der Waals surface area contributed by atoms with E-state index < -0.39 is 5.82 Å². The van der Waals surface area contributed by atoms with Crippen LogP contribution in [0.1, 0.15) is 5.56 Å². The van der Waals surface area contributed by atoms with Crippen molar-refractivity contribution in [3.8, 4) is 5.75 Å². The maximum atomic E-state index is 14.0. The lowest BCUT2D eigenvalue weighted by molar-refractivity contribution is 0.262. The number of aromatic nitrogens is 2. The van der Waals surface area contributed by atoms with Gasteiger partial charge < -0.3 is 14.8 Å². The number of nitrogens with zero attached hydrogens (tertiary/aromatic N) is 2. The Morgan fingerprint density at radius 3 is 2.92 bits per heavy atom. The van der Waals surface area contributed by atoms with Gasteiger partial charge in [0.25, 0.3) is 0 Å². The van der Waals surface area contributed by atoms with E-state index in [-0.39, 0.29) is 6.10 Å². The molecule has 2 heterocycles. The first-order valence-electron chi connectivity index (χ1n) is 7.82. The zero-order valence-corrected chi connectivity index (χ0v) is 14.2. The summed E-state index contributed by atoms with van der Waals surface area (Å²) in [7, 11) is 0. The highest BCUT2D eigenvalue weighted by Crippen LogP contribution is 2.31. The summed E-state index contributed by atoms with van der Waals surface area (Å²) in [5.74, 6) is 0.831. The van der Waals surface area contributed by atoms with Crippen LogP contribution in [-0.4, -0.2) is 29.3 Å². The molecule has 1 saturated heterocycles. The first-order valence-corrected chi connectivity index (χ1v) is 8.20. The Hall–Kier alpha value is -2.44. The van der Waals surface area contributed by atoms with Gasteiger partial charge in [0.15, 0.2) is 0 Å². The monoisotopic (exact) mass is 359 g/mol. The van der Waals surface area contributed by atoms with E-state index in [0.717, 1.165) is 23.3 Å². The summed E-state index contributed by atoms with van der Waals surface area (Å²) in [6.45, 7) is 3.22. The molecular formula is C18H15ClFN3O2. The number of hydrogen-bond donors (Lipinski definition) is 1. The molecular weight excluding hydrogens is 345 g/mol. The third-order valence-corrected chi connectivity index (χ3v) is 4.18. The van der Waals surface area contributed by atoms with E-state index in [1.807, 2.05) is 19.1 Å². The number of nitrogens with one attached hydrogen (secondary N) is 1. The second-order valence-electron chi connectivity index (χ2n) is 5.87. The molecule has 0 radical (unpaired) electrons. The standard InChI is InChI=1S/C18H15ClFN3O2/c1-10-4-13-16(6-17(10)25-8-12-7-24-12)21-9-22-18(13)23-15-3-2-11(19)5-14(15)20/h2-6,9,12H,7-8H2,1H3,(H,21,22,23). The van der Waals surface area contributed by atoms with Crippen LogP contribution >= 0.6 is 11.6 Å². The molecule has 0 aliphatic carbocycles. The fourth-order valence-electron chi connectivity index (χ4n) is 2.51. The van der Waals surface area contributed by atoms with Crippen LogP contribution in [0.4, 0.5) is 15.9 Å². The second kappa shape index (κ2) is 6.46. The normalized spacial score (nSPS) is 16.0. The molecule has 1 unspecified atom stereocenters. The molecule has 3 aromatic rings. The van der Waals surface area contributed by atoms with Crippen LogP contribution in [0.15, 0.2) is 36.7 Å². The predicted octanol–water partition coefficient (Wildman–Crippen LogP) is 4.25. The van der Waals surface area contributed by atoms with E-state index in [1.54, 1.807) is 12.1 Å². The minimum absolute atomic E-state index is 0.186. The Kier molecular flexibility index (Phi) is 4.15. The van der Waals surface area contributed by atoms with Crippen LogP contribution in [0.25, 0.3) is 10.9 Å². The third kappa shape index (κ3) is 3.50. The van der Waals surface area contributed by atoms with E-state index in [9.17, 15) is 4.39 Å². The molecule has 0 bridgehead atoms. The fourth-order valence-corrected chi connectivity index (χ4v) is 2.67. The Morgan fingerprint density at radius 1 is 1.32 bits per heavy atom. The van der Waals surface area contributed by atoms with Crippen molar-refractivity contribution in [2.24, 2.45) is 0 Å². The van der Waals surface area contributed by atoms with Crippen molar-refractivity contribution in [3.63, 3.8) is 0 Å². The summed E-state index contributed by atoms with van der Waals surface area (Å²) in [5.41, 5.74) is 1.96. The van der Waals surface area contributed by atoms with Crippen LogP contribution in [0.5, 0.6) is 5.75 Å². The Balaban J connectivity index is 1.67. The van der Waals surface area contributed by atoms with Crippen molar-refractivity contribution in [1.29, 1.82) is 0 Å². The maximum Gasteiger partial charge on any atom is 0.148 e. The third-order valence-electron chi connectivity index (χ3n) is 3.94. The average molecular weight is 360 g/mol. The number of halogens is 2. The second-order valence-corrected chi connectivity index (χ2v) is 6.31. The number of rotatable bonds is 5. The van der Waals surface area contributed by atoms with E-state index in [0.29, 0.717) is 28.7 Å². The molecule has 4 rings (SSSR count). The van der Waals surface area contributed by atoms with Crippen LogP contribution in [0, 0.1) is 12.7 Å². The zero-order valence-electron chi connectivity index (χ0n) is 13.4. The molecule has 0 spiro atoms. The highest BCUT2D eigenvalue weighted by Gasteiger charge is 2.23. The minimum atomic E-state index is -0.444. The van der Waals surface area contributed by atoms with Crippen LogP contribution in [-0.2, 0) is 4.74 Å². The number of aryl methyl sites for hydroxylation is 1. The summed E-state index contributed by atoms with van der Waals surface area (Å²) in [6, 6.07) is 8.23. The molecule has 1 aliphatic rings. The van der Waals surface area contributed by atoms with Gasteiger partial charge in [0.1, 0.15) is 36.4 Å². The topological polar surface area (TPSA) is 59.6 Å². The maximum absolute atomic E-state index is 14.0.